The number of phenols is 1. The molecule has 6 rings (SSSR count). The zero-order valence-electron chi connectivity index (χ0n) is 18.6. The number of benzene rings is 1. The second-order valence-electron chi connectivity index (χ2n) is 9.66. The van der Waals surface area contributed by atoms with E-state index in [4.69, 9.17) is 13.3 Å². The van der Waals surface area contributed by atoms with Gasteiger partial charge in [0.1, 0.15) is 12.2 Å². The monoisotopic (exact) mass is 485 g/mol. The lowest BCUT2D eigenvalue weighted by Crippen LogP contribution is -2.77. The Kier molecular flexibility index (Phi) is 4.80. The van der Waals surface area contributed by atoms with E-state index in [-0.39, 0.29) is 11.8 Å². The van der Waals surface area contributed by atoms with E-state index in [0.717, 1.165) is 16.5 Å². The molecule has 2 fully saturated rings. The van der Waals surface area contributed by atoms with E-state index in [2.05, 4.69) is 11.5 Å². The molecule has 1 saturated heterocycles. The van der Waals surface area contributed by atoms with Crippen LogP contribution in [0.25, 0.3) is 6.08 Å². The van der Waals surface area contributed by atoms with E-state index >= 15 is 0 Å². The fraction of sp³-hybridized carbons (Fsp3) is 0.440. The highest BCUT2D eigenvalue weighted by Gasteiger charge is 2.73. The molecular weight excluding hydrogens is 458 g/mol. The van der Waals surface area contributed by atoms with E-state index in [1.807, 2.05) is 12.1 Å². The smallest absolute Gasteiger partial charge is 0.290 e. The number of piperidine rings is 1. The van der Waals surface area contributed by atoms with E-state index in [9.17, 15) is 18.6 Å². The Hall–Kier alpha value is -2.59. The van der Waals surface area contributed by atoms with E-state index in [1.54, 1.807) is 12.1 Å². The van der Waals surface area contributed by atoms with Gasteiger partial charge < -0.3 is 19.4 Å². The molecule has 2 aliphatic heterocycles. The number of aliphatic hydroxyl groups is 1. The first kappa shape index (κ1) is 21.9. The molecule has 1 spiro atoms. The molecule has 4 aliphatic rings. The summed E-state index contributed by atoms with van der Waals surface area (Å²) in [6.07, 6.45) is 6.48. The third-order valence-corrected chi connectivity index (χ3v) is 9.10. The summed E-state index contributed by atoms with van der Waals surface area (Å²) >= 11 is 0. The van der Waals surface area contributed by atoms with Crippen LogP contribution in [0.4, 0.5) is 0 Å². The van der Waals surface area contributed by atoms with Gasteiger partial charge in [-0.1, -0.05) is 12.1 Å². The van der Waals surface area contributed by atoms with Crippen molar-refractivity contribution in [3.05, 3.63) is 65.5 Å². The zero-order valence-corrected chi connectivity index (χ0v) is 19.4. The van der Waals surface area contributed by atoms with Gasteiger partial charge in [-0.15, -0.1) is 6.58 Å². The van der Waals surface area contributed by atoms with Crippen molar-refractivity contribution < 1.29 is 32.0 Å². The number of rotatable bonds is 6. The molecule has 2 aromatic rings. The van der Waals surface area contributed by atoms with Crippen molar-refractivity contribution in [2.75, 3.05) is 13.1 Å². The van der Waals surface area contributed by atoms with Gasteiger partial charge in [0.15, 0.2) is 11.5 Å². The zero-order chi connectivity index (χ0) is 23.7. The number of nitrogens with zero attached hydrogens (tertiary/aromatic N) is 1. The number of aromatic hydroxyl groups is 1. The summed E-state index contributed by atoms with van der Waals surface area (Å²) in [5.74, 6) is 0.344. The van der Waals surface area contributed by atoms with Crippen molar-refractivity contribution in [1.29, 1.82) is 0 Å². The lowest BCUT2D eigenvalue weighted by Gasteiger charge is -2.63. The normalized spacial score (nSPS) is 34.1. The first-order valence-corrected chi connectivity index (χ1v) is 13.0. The Morgan fingerprint density at radius 2 is 2.15 bits per heavy atom. The minimum absolute atomic E-state index is 0.00157. The molecule has 34 heavy (non-hydrogen) atoms. The molecule has 9 heteroatoms. The summed E-state index contributed by atoms with van der Waals surface area (Å²) in [5.41, 5.74) is 0.439. The first-order valence-electron chi connectivity index (χ1n) is 11.5. The highest BCUT2D eigenvalue weighted by Crippen LogP contribution is 2.65. The van der Waals surface area contributed by atoms with Crippen LogP contribution in [0.5, 0.6) is 11.5 Å². The van der Waals surface area contributed by atoms with Gasteiger partial charge in [-0.3, -0.25) is 9.08 Å². The number of phenolic OH excluding ortho intramolecular Hbond substituents is 1. The molecule has 1 saturated carbocycles. The van der Waals surface area contributed by atoms with Gasteiger partial charge in [-0.25, -0.2) is 0 Å². The molecule has 1 aromatic heterocycles. The van der Waals surface area contributed by atoms with Crippen LogP contribution in [0.15, 0.2) is 53.2 Å². The minimum atomic E-state index is -4.04. The van der Waals surface area contributed by atoms with Crippen LogP contribution < -0.4 is 4.74 Å². The van der Waals surface area contributed by atoms with Gasteiger partial charge in [-0.2, -0.15) is 8.42 Å². The third kappa shape index (κ3) is 2.90. The summed E-state index contributed by atoms with van der Waals surface area (Å²) < 4.78 is 42.7. The van der Waals surface area contributed by atoms with Crippen LogP contribution >= 0.6 is 0 Å². The Labute approximate surface area is 198 Å². The van der Waals surface area contributed by atoms with Crippen LogP contribution in [0, 0.1) is 0 Å². The molecule has 3 heterocycles. The first-order chi connectivity index (χ1) is 16.3. The second kappa shape index (κ2) is 7.45. The predicted octanol–water partition coefficient (Wildman–Crippen LogP) is 2.71. The molecule has 2 aliphatic carbocycles. The Balaban J connectivity index is 1.41. The molecule has 0 amide bonds. The van der Waals surface area contributed by atoms with E-state index in [1.165, 1.54) is 18.6 Å². The van der Waals surface area contributed by atoms with Crippen molar-refractivity contribution in [1.82, 2.24) is 4.90 Å². The van der Waals surface area contributed by atoms with Gasteiger partial charge in [0.05, 0.1) is 29.0 Å². The fourth-order valence-corrected chi connectivity index (χ4v) is 7.73. The van der Waals surface area contributed by atoms with Crippen molar-refractivity contribution in [2.45, 2.75) is 54.9 Å². The van der Waals surface area contributed by atoms with Crippen LogP contribution in [0.3, 0.4) is 0 Å². The summed E-state index contributed by atoms with van der Waals surface area (Å²) in [6.45, 7) is 5.23. The summed E-state index contributed by atoms with van der Waals surface area (Å²) in [4.78, 5) is 2.24. The highest BCUT2D eigenvalue weighted by molar-refractivity contribution is 7.89. The van der Waals surface area contributed by atoms with Gasteiger partial charge in [0.2, 0.25) is 0 Å². The van der Waals surface area contributed by atoms with Crippen LogP contribution in [-0.4, -0.2) is 60.5 Å². The maximum Gasteiger partial charge on any atom is 0.290 e. The molecule has 8 nitrogen and oxygen atoms in total. The van der Waals surface area contributed by atoms with Crippen LogP contribution in [0.1, 0.15) is 36.0 Å². The highest BCUT2D eigenvalue weighted by atomic mass is 32.2. The van der Waals surface area contributed by atoms with E-state index < -0.39 is 33.3 Å². The van der Waals surface area contributed by atoms with E-state index in [0.29, 0.717) is 50.1 Å². The fourth-order valence-electron chi connectivity index (χ4n) is 6.80. The average Bonchev–Trinajstić information content (AvgIpc) is 3.43. The van der Waals surface area contributed by atoms with Crippen molar-refractivity contribution in [3.8, 4) is 11.5 Å². The number of furan rings is 1. The number of likely N-dealkylation sites (tertiary alicyclic amines) is 1. The van der Waals surface area contributed by atoms with Gasteiger partial charge in [-0.05, 0) is 56.0 Å². The molecule has 2 N–H and O–H groups in total. The van der Waals surface area contributed by atoms with Gasteiger partial charge >= 0.3 is 0 Å². The number of ether oxygens (including phenoxy) is 1. The number of hydrogen-bond donors (Lipinski definition) is 2. The lowest BCUT2D eigenvalue weighted by atomic mass is 9.48. The maximum atomic E-state index is 12.8. The molecular formula is C25H27NO7S. The van der Waals surface area contributed by atoms with Gasteiger partial charge in [0.25, 0.3) is 10.1 Å². The molecule has 0 unspecified atom stereocenters. The third-order valence-electron chi connectivity index (χ3n) is 8.11. The summed E-state index contributed by atoms with van der Waals surface area (Å²) in [5, 5.41) is 23.9. The summed E-state index contributed by atoms with van der Waals surface area (Å²) in [6, 6.07) is 4.99. The van der Waals surface area contributed by atoms with Crippen molar-refractivity contribution in [2.24, 2.45) is 0 Å². The lowest BCUT2D eigenvalue weighted by molar-refractivity contribution is -0.202. The Morgan fingerprint density at radius 3 is 2.91 bits per heavy atom. The van der Waals surface area contributed by atoms with Crippen LogP contribution in [-0.2, 0) is 26.1 Å². The maximum absolute atomic E-state index is 12.8. The minimum Gasteiger partial charge on any atom is -0.504 e. The largest absolute Gasteiger partial charge is 0.504 e. The standard InChI is InChI=1S/C25H27NO7S/c1-2-10-26-11-9-24-21-17-3-4-18(27)22(21)32-23(24)19(5-8-25(24,28)20(26)14-17)33-34(29,30)13-7-16-6-12-31-15-16/h2-4,6-7,12-13,15,19-20,23,27-28H,1,5,8-11,14H2/b13-7+/t19-,20-,23+,24+,25-/m1/s1. The quantitative estimate of drug-likeness (QED) is 0.475. The second-order valence-corrected chi connectivity index (χ2v) is 11.1. The Bertz CT molecular complexity index is 1270. The molecule has 180 valence electrons. The van der Waals surface area contributed by atoms with Crippen molar-refractivity contribution in [3.63, 3.8) is 0 Å². The topological polar surface area (TPSA) is 109 Å². The number of hydrogen-bond acceptors (Lipinski definition) is 8. The van der Waals surface area contributed by atoms with Crippen LogP contribution in [0.2, 0.25) is 0 Å². The molecule has 0 radical (unpaired) electrons. The average molecular weight is 486 g/mol. The Morgan fingerprint density at radius 1 is 1.29 bits per heavy atom. The summed E-state index contributed by atoms with van der Waals surface area (Å²) in [7, 11) is -4.04. The van der Waals surface area contributed by atoms with Gasteiger partial charge in [0, 0.05) is 23.7 Å². The SMILES string of the molecule is C=CCN1CC[C@]23c4c5ccc(O)c4O[C@H]2[C@H](OS(=O)(=O)/C=C/c2ccoc2)CC[C@@]3(O)[C@H]1C5. The molecule has 5 atom stereocenters. The van der Waals surface area contributed by atoms with Crippen molar-refractivity contribution >= 4 is 16.2 Å². The molecule has 1 aromatic carbocycles. The predicted molar refractivity (Wildman–Crippen MR) is 124 cm³/mol. The molecule has 2 bridgehead atoms.